The van der Waals surface area contributed by atoms with Gasteiger partial charge in [-0.05, 0) is 24.4 Å². The number of nitrogens with zero attached hydrogens (tertiary/aromatic N) is 5. The number of rotatable bonds is 4. The largest absolute Gasteiger partial charge is 0.497 e. The molecule has 0 atom stereocenters. The monoisotopic (exact) mass is 459 g/mol. The third-order valence-electron chi connectivity index (χ3n) is 5.60. The summed E-state index contributed by atoms with van der Waals surface area (Å²) in [6, 6.07) is 5.48. The van der Waals surface area contributed by atoms with Gasteiger partial charge < -0.3 is 29.6 Å². The molecular weight excluding hydrogens is 434 g/mol. The summed E-state index contributed by atoms with van der Waals surface area (Å²) >= 11 is 5.61. The second-order valence-electron chi connectivity index (χ2n) is 7.44. The van der Waals surface area contributed by atoms with Gasteiger partial charge in [-0.1, -0.05) is 0 Å². The van der Waals surface area contributed by atoms with Gasteiger partial charge >= 0.3 is 5.69 Å². The second-order valence-corrected chi connectivity index (χ2v) is 7.82. The van der Waals surface area contributed by atoms with Gasteiger partial charge in [0, 0.05) is 46.3 Å². The number of nitrogens with one attached hydrogen (secondary N) is 2. The van der Waals surface area contributed by atoms with Crippen LogP contribution in [0.1, 0.15) is 0 Å². The van der Waals surface area contributed by atoms with Crippen molar-refractivity contribution in [3.8, 4) is 11.5 Å². The molecule has 0 bridgehead atoms. The maximum atomic E-state index is 12.4. The summed E-state index contributed by atoms with van der Waals surface area (Å²) in [5.41, 5.74) is 0.591. The van der Waals surface area contributed by atoms with Crippen LogP contribution in [-0.2, 0) is 14.1 Å². The van der Waals surface area contributed by atoms with Crippen LogP contribution in [0.25, 0.3) is 11.2 Å². The lowest BCUT2D eigenvalue weighted by atomic mass is 10.2. The molecule has 1 saturated heterocycles. The highest BCUT2D eigenvalue weighted by Gasteiger charge is 2.23. The van der Waals surface area contributed by atoms with Crippen LogP contribution in [0.4, 0.5) is 11.6 Å². The smallest absolute Gasteiger partial charge is 0.332 e. The lowest BCUT2D eigenvalue weighted by Gasteiger charge is -2.36. The van der Waals surface area contributed by atoms with E-state index in [0.29, 0.717) is 59.9 Å². The van der Waals surface area contributed by atoms with Crippen molar-refractivity contribution in [2.24, 2.45) is 14.1 Å². The molecule has 1 aliphatic heterocycles. The summed E-state index contributed by atoms with van der Waals surface area (Å²) in [5.74, 6) is 1.93. The molecule has 1 aliphatic rings. The quantitative estimate of drug-likeness (QED) is 0.539. The number of aromatic amines is 1. The van der Waals surface area contributed by atoms with E-state index in [4.69, 9.17) is 21.7 Å². The SMILES string of the molecule is COc1ccc(OC)c(NC(=S)N2CCN(c3nc4c([nH]3)c(=O)n(C)c(=O)n4C)CC2)c1. The van der Waals surface area contributed by atoms with Crippen molar-refractivity contribution < 1.29 is 9.47 Å². The molecule has 4 rings (SSSR count). The topological polar surface area (TPSA) is 110 Å². The molecule has 11 nitrogen and oxygen atoms in total. The first-order chi connectivity index (χ1) is 15.3. The first-order valence-electron chi connectivity index (χ1n) is 10.0. The Hall–Kier alpha value is -3.54. The Kier molecular flexibility index (Phi) is 5.78. The highest BCUT2D eigenvalue weighted by Crippen LogP contribution is 2.29. The van der Waals surface area contributed by atoms with Crippen molar-refractivity contribution in [2.45, 2.75) is 0 Å². The molecule has 170 valence electrons. The van der Waals surface area contributed by atoms with E-state index >= 15 is 0 Å². The molecule has 1 aromatic carbocycles. The predicted molar refractivity (Wildman–Crippen MR) is 126 cm³/mol. The number of imidazole rings is 1. The first-order valence-corrected chi connectivity index (χ1v) is 10.4. The Bertz CT molecular complexity index is 1290. The molecule has 2 N–H and O–H groups in total. The maximum Gasteiger partial charge on any atom is 0.332 e. The van der Waals surface area contributed by atoms with Gasteiger partial charge in [0.15, 0.2) is 16.3 Å². The van der Waals surface area contributed by atoms with Gasteiger partial charge in [-0.3, -0.25) is 13.9 Å². The lowest BCUT2D eigenvalue weighted by molar-refractivity contribution is 0.387. The van der Waals surface area contributed by atoms with Crippen molar-refractivity contribution in [1.29, 1.82) is 0 Å². The van der Waals surface area contributed by atoms with E-state index in [0.717, 1.165) is 10.3 Å². The molecule has 1 fully saturated rings. The van der Waals surface area contributed by atoms with E-state index in [2.05, 4.69) is 20.2 Å². The summed E-state index contributed by atoms with van der Waals surface area (Å²) < 4.78 is 13.1. The summed E-state index contributed by atoms with van der Waals surface area (Å²) in [6.45, 7) is 2.61. The van der Waals surface area contributed by atoms with Crippen LogP contribution < -0.4 is 30.9 Å². The fourth-order valence-electron chi connectivity index (χ4n) is 3.69. The molecule has 0 saturated carbocycles. The highest BCUT2D eigenvalue weighted by molar-refractivity contribution is 7.80. The number of ether oxygens (including phenoxy) is 2. The summed E-state index contributed by atoms with van der Waals surface area (Å²) in [7, 11) is 6.26. The van der Waals surface area contributed by atoms with Gasteiger partial charge in [0.2, 0.25) is 5.95 Å². The Balaban J connectivity index is 1.47. The zero-order valence-corrected chi connectivity index (χ0v) is 19.2. The maximum absolute atomic E-state index is 12.4. The molecular formula is C20H25N7O4S. The average Bonchev–Trinajstić information content (AvgIpc) is 3.27. The summed E-state index contributed by atoms with van der Waals surface area (Å²) in [4.78, 5) is 36.2. The van der Waals surface area contributed by atoms with Gasteiger partial charge in [0.05, 0.1) is 19.9 Å². The number of aryl methyl sites for hydroxylation is 1. The Morgan fingerprint density at radius 1 is 1.09 bits per heavy atom. The van der Waals surface area contributed by atoms with E-state index in [1.807, 2.05) is 23.1 Å². The van der Waals surface area contributed by atoms with E-state index < -0.39 is 11.2 Å². The molecule has 0 spiro atoms. The molecule has 3 heterocycles. The van der Waals surface area contributed by atoms with E-state index in [-0.39, 0.29) is 0 Å². The van der Waals surface area contributed by atoms with Crippen LogP contribution in [0.3, 0.4) is 0 Å². The summed E-state index contributed by atoms with van der Waals surface area (Å²) in [5, 5.41) is 3.82. The van der Waals surface area contributed by atoms with Crippen LogP contribution in [0.15, 0.2) is 27.8 Å². The van der Waals surface area contributed by atoms with Gasteiger partial charge in [0.25, 0.3) is 5.56 Å². The van der Waals surface area contributed by atoms with E-state index in [9.17, 15) is 9.59 Å². The van der Waals surface area contributed by atoms with Crippen LogP contribution in [0.2, 0.25) is 0 Å². The van der Waals surface area contributed by atoms with E-state index in [1.54, 1.807) is 21.3 Å². The van der Waals surface area contributed by atoms with Crippen LogP contribution >= 0.6 is 12.2 Å². The van der Waals surface area contributed by atoms with Crippen molar-refractivity contribution in [1.82, 2.24) is 24.0 Å². The standard InChI is InChI=1S/C20H25N7O4S/c1-24-16-15(17(28)25(2)20(24)29)22-18(23-16)26-7-9-27(10-8-26)19(32)21-13-11-12(30-3)5-6-14(13)31-4/h5-6,11H,7-10H2,1-4H3,(H,21,32)(H,22,23). The fourth-order valence-corrected chi connectivity index (χ4v) is 3.98. The highest BCUT2D eigenvalue weighted by atomic mass is 32.1. The Morgan fingerprint density at radius 2 is 1.81 bits per heavy atom. The molecule has 3 aromatic rings. The predicted octanol–water partition coefficient (Wildman–Crippen LogP) is 0.497. The first kappa shape index (κ1) is 21.7. The van der Waals surface area contributed by atoms with Gasteiger partial charge in [0.1, 0.15) is 11.5 Å². The molecule has 2 aromatic heterocycles. The molecule has 12 heteroatoms. The number of hydrogen-bond donors (Lipinski definition) is 2. The van der Waals surface area contributed by atoms with Crippen LogP contribution in [0, 0.1) is 0 Å². The second kappa shape index (κ2) is 8.54. The van der Waals surface area contributed by atoms with Gasteiger partial charge in [-0.2, -0.15) is 4.98 Å². The Morgan fingerprint density at radius 3 is 2.47 bits per heavy atom. The summed E-state index contributed by atoms with van der Waals surface area (Å²) in [6.07, 6.45) is 0. The van der Waals surface area contributed by atoms with Crippen molar-refractivity contribution in [3.63, 3.8) is 0 Å². The third-order valence-corrected chi connectivity index (χ3v) is 5.96. The molecule has 0 aliphatic carbocycles. The van der Waals surface area contributed by atoms with Crippen molar-refractivity contribution in [3.05, 3.63) is 39.0 Å². The molecule has 0 amide bonds. The number of hydrogen-bond acceptors (Lipinski definition) is 7. The minimum Gasteiger partial charge on any atom is -0.497 e. The minimum absolute atomic E-state index is 0.314. The molecule has 32 heavy (non-hydrogen) atoms. The zero-order chi connectivity index (χ0) is 23.0. The van der Waals surface area contributed by atoms with Gasteiger partial charge in [-0.25, -0.2) is 4.79 Å². The molecule has 0 radical (unpaired) electrons. The number of piperazine rings is 1. The van der Waals surface area contributed by atoms with Crippen LogP contribution in [-0.4, -0.2) is 69.5 Å². The number of anilines is 2. The van der Waals surface area contributed by atoms with Crippen molar-refractivity contribution in [2.75, 3.05) is 50.6 Å². The van der Waals surface area contributed by atoms with Crippen LogP contribution in [0.5, 0.6) is 11.5 Å². The number of aromatic nitrogens is 4. The van der Waals surface area contributed by atoms with Crippen molar-refractivity contribution >= 4 is 40.1 Å². The minimum atomic E-state index is -0.408. The number of thiocarbonyl (C=S) groups is 1. The average molecular weight is 460 g/mol. The zero-order valence-electron chi connectivity index (χ0n) is 18.3. The number of H-pyrrole nitrogens is 1. The van der Waals surface area contributed by atoms with Gasteiger partial charge in [-0.15, -0.1) is 0 Å². The Labute approximate surface area is 189 Å². The third kappa shape index (κ3) is 3.77. The number of benzene rings is 1. The molecule has 0 unspecified atom stereocenters. The fraction of sp³-hybridized carbons (Fsp3) is 0.400. The lowest BCUT2D eigenvalue weighted by Crippen LogP contribution is -2.50. The number of methoxy groups -OCH3 is 2. The number of fused-ring (bicyclic) bond motifs is 1. The normalized spacial score (nSPS) is 14.0. The van der Waals surface area contributed by atoms with E-state index in [1.165, 1.54) is 11.6 Å².